The highest BCUT2D eigenvalue weighted by Gasteiger charge is 2.31. The number of carboxylic acids is 1. The zero-order valence-corrected chi connectivity index (χ0v) is 17.6. The number of aliphatic carboxylic acids is 1. The third kappa shape index (κ3) is 4.27. The van der Waals surface area contributed by atoms with Gasteiger partial charge in [0.15, 0.2) is 11.5 Å². The molecular weight excluding hydrogens is 406 g/mol. The number of carboxylic acid groups (broad SMARTS) is 1. The second-order valence-corrected chi connectivity index (χ2v) is 8.15. The molecule has 0 saturated carbocycles. The minimum atomic E-state index is -0.706. The number of rotatable bonds is 6. The molecule has 1 unspecified atom stereocenters. The van der Waals surface area contributed by atoms with Gasteiger partial charge >= 0.3 is 5.97 Å². The van der Waals surface area contributed by atoms with Gasteiger partial charge in [0.25, 0.3) is 0 Å². The van der Waals surface area contributed by atoms with Gasteiger partial charge in [0.05, 0.1) is 12.0 Å². The molecule has 1 saturated heterocycles. The summed E-state index contributed by atoms with van der Waals surface area (Å²) in [5.74, 6) is 2.05. The van der Waals surface area contributed by atoms with Gasteiger partial charge in [-0.25, -0.2) is 0 Å². The molecular formula is C26H25NO5. The summed E-state index contributed by atoms with van der Waals surface area (Å²) >= 11 is 0. The first-order valence-corrected chi connectivity index (χ1v) is 10.9. The normalized spacial score (nSPS) is 17.1. The molecule has 6 nitrogen and oxygen atoms in total. The number of hydrogen-bond acceptors (Lipinski definition) is 5. The van der Waals surface area contributed by atoms with E-state index in [1.165, 1.54) is 0 Å². The fraction of sp³-hybridized carbons (Fsp3) is 0.269. The van der Waals surface area contributed by atoms with Crippen LogP contribution in [0.25, 0.3) is 0 Å². The van der Waals surface area contributed by atoms with E-state index in [4.69, 9.17) is 14.2 Å². The van der Waals surface area contributed by atoms with Crippen molar-refractivity contribution in [1.82, 2.24) is 4.90 Å². The number of benzene rings is 3. The number of para-hydroxylation sites is 1. The van der Waals surface area contributed by atoms with Crippen LogP contribution < -0.4 is 14.2 Å². The largest absolute Gasteiger partial charge is 0.481 e. The summed E-state index contributed by atoms with van der Waals surface area (Å²) in [4.78, 5) is 13.8. The summed E-state index contributed by atoms with van der Waals surface area (Å²) in [6.45, 7) is 1.65. The molecule has 0 amide bonds. The van der Waals surface area contributed by atoms with E-state index < -0.39 is 5.97 Å². The third-order valence-corrected chi connectivity index (χ3v) is 6.11. The van der Waals surface area contributed by atoms with E-state index in [1.807, 2.05) is 54.6 Å². The van der Waals surface area contributed by atoms with E-state index in [1.54, 1.807) is 0 Å². The summed E-state index contributed by atoms with van der Waals surface area (Å²) in [6.07, 6.45) is 1.27. The molecule has 1 atom stereocenters. The van der Waals surface area contributed by atoms with Crippen LogP contribution in [0.2, 0.25) is 0 Å². The van der Waals surface area contributed by atoms with Crippen LogP contribution in [0.1, 0.15) is 30.0 Å². The first-order chi connectivity index (χ1) is 15.7. The Labute approximate surface area is 187 Å². The number of nitrogens with zero attached hydrogens (tertiary/aromatic N) is 1. The predicted molar refractivity (Wildman–Crippen MR) is 119 cm³/mol. The van der Waals surface area contributed by atoms with Crippen LogP contribution in [0, 0.1) is 5.92 Å². The Kier molecular flexibility index (Phi) is 5.69. The topological polar surface area (TPSA) is 68.2 Å². The Balaban J connectivity index is 1.47. The number of ether oxygens (including phenoxy) is 3. The molecule has 0 radical (unpaired) electrons. The molecule has 1 fully saturated rings. The number of fused-ring (bicyclic) bond motifs is 1. The van der Waals surface area contributed by atoms with Gasteiger partial charge in [-0.15, -0.1) is 0 Å². The monoisotopic (exact) mass is 431 g/mol. The van der Waals surface area contributed by atoms with Crippen molar-refractivity contribution in [2.24, 2.45) is 5.92 Å². The summed E-state index contributed by atoms with van der Waals surface area (Å²) < 4.78 is 17.2. The molecule has 5 rings (SSSR count). The van der Waals surface area contributed by atoms with Crippen LogP contribution in [-0.4, -0.2) is 35.9 Å². The first kappa shape index (κ1) is 20.4. The van der Waals surface area contributed by atoms with E-state index >= 15 is 0 Å². The lowest BCUT2D eigenvalue weighted by atomic mass is 9.91. The van der Waals surface area contributed by atoms with Crippen LogP contribution in [0.5, 0.6) is 23.0 Å². The van der Waals surface area contributed by atoms with Gasteiger partial charge in [-0.2, -0.15) is 0 Å². The highest BCUT2D eigenvalue weighted by molar-refractivity contribution is 5.70. The SMILES string of the molecule is O=C(O)C1CCN(C(c2cccc(Oc3ccccc3)c2)c2ccc3c(c2)OCO3)CC1. The fourth-order valence-electron chi connectivity index (χ4n) is 4.47. The lowest BCUT2D eigenvalue weighted by Gasteiger charge is -2.37. The maximum Gasteiger partial charge on any atom is 0.306 e. The number of hydrogen-bond donors (Lipinski definition) is 1. The van der Waals surface area contributed by atoms with Crippen molar-refractivity contribution in [3.05, 3.63) is 83.9 Å². The molecule has 0 aliphatic carbocycles. The van der Waals surface area contributed by atoms with Crippen molar-refractivity contribution in [2.75, 3.05) is 19.9 Å². The molecule has 3 aromatic carbocycles. The van der Waals surface area contributed by atoms with Crippen molar-refractivity contribution in [2.45, 2.75) is 18.9 Å². The van der Waals surface area contributed by atoms with Gasteiger partial charge in [-0.05, 0) is 73.5 Å². The van der Waals surface area contributed by atoms with Crippen molar-refractivity contribution in [1.29, 1.82) is 0 Å². The molecule has 32 heavy (non-hydrogen) atoms. The van der Waals surface area contributed by atoms with E-state index in [2.05, 4.69) is 23.1 Å². The van der Waals surface area contributed by atoms with E-state index in [0.29, 0.717) is 25.9 Å². The summed E-state index contributed by atoms with van der Waals surface area (Å²) in [6, 6.07) is 23.8. The summed E-state index contributed by atoms with van der Waals surface area (Å²) in [5.41, 5.74) is 2.17. The highest BCUT2D eigenvalue weighted by Crippen LogP contribution is 2.40. The van der Waals surface area contributed by atoms with Gasteiger partial charge < -0.3 is 19.3 Å². The maximum atomic E-state index is 11.5. The lowest BCUT2D eigenvalue weighted by Crippen LogP contribution is -2.39. The molecule has 0 spiro atoms. The van der Waals surface area contributed by atoms with Crippen molar-refractivity contribution >= 4 is 5.97 Å². The quantitative estimate of drug-likeness (QED) is 0.586. The van der Waals surface area contributed by atoms with Crippen LogP contribution in [-0.2, 0) is 4.79 Å². The number of piperidine rings is 1. The Morgan fingerprint density at radius 2 is 1.59 bits per heavy atom. The molecule has 2 aliphatic heterocycles. The van der Waals surface area contributed by atoms with E-state index in [9.17, 15) is 9.90 Å². The van der Waals surface area contributed by atoms with Crippen molar-refractivity contribution < 1.29 is 24.1 Å². The Hall–Kier alpha value is -3.51. The number of likely N-dealkylation sites (tertiary alicyclic amines) is 1. The minimum absolute atomic E-state index is 0.0430. The summed E-state index contributed by atoms with van der Waals surface area (Å²) in [7, 11) is 0. The minimum Gasteiger partial charge on any atom is -0.481 e. The second kappa shape index (κ2) is 8.93. The Bertz CT molecular complexity index is 1090. The molecule has 0 aromatic heterocycles. The van der Waals surface area contributed by atoms with Gasteiger partial charge in [0, 0.05) is 0 Å². The molecule has 164 valence electrons. The van der Waals surface area contributed by atoms with E-state index in [0.717, 1.165) is 34.1 Å². The smallest absolute Gasteiger partial charge is 0.306 e. The maximum absolute atomic E-state index is 11.5. The molecule has 3 aromatic rings. The van der Waals surface area contributed by atoms with Crippen LogP contribution in [0.4, 0.5) is 0 Å². The third-order valence-electron chi connectivity index (χ3n) is 6.11. The number of carbonyl (C=O) groups is 1. The molecule has 6 heteroatoms. The highest BCUT2D eigenvalue weighted by atomic mass is 16.7. The van der Waals surface area contributed by atoms with Crippen LogP contribution >= 0.6 is 0 Å². The average molecular weight is 431 g/mol. The molecule has 1 N–H and O–H groups in total. The lowest BCUT2D eigenvalue weighted by molar-refractivity contribution is -0.143. The molecule has 2 heterocycles. The fourth-order valence-corrected chi connectivity index (χ4v) is 4.47. The Morgan fingerprint density at radius 1 is 0.875 bits per heavy atom. The van der Waals surface area contributed by atoms with Gasteiger partial charge in [0.1, 0.15) is 11.5 Å². The van der Waals surface area contributed by atoms with Gasteiger partial charge in [-0.3, -0.25) is 9.69 Å². The zero-order valence-electron chi connectivity index (χ0n) is 17.6. The average Bonchev–Trinajstić information content (AvgIpc) is 3.29. The first-order valence-electron chi connectivity index (χ1n) is 10.9. The van der Waals surface area contributed by atoms with Crippen LogP contribution in [0.15, 0.2) is 72.8 Å². The van der Waals surface area contributed by atoms with Crippen LogP contribution in [0.3, 0.4) is 0 Å². The molecule has 0 bridgehead atoms. The molecule has 2 aliphatic rings. The van der Waals surface area contributed by atoms with Gasteiger partial charge in [-0.1, -0.05) is 36.4 Å². The predicted octanol–water partition coefficient (Wildman–Crippen LogP) is 5.09. The van der Waals surface area contributed by atoms with E-state index in [-0.39, 0.29) is 18.8 Å². The second-order valence-electron chi connectivity index (χ2n) is 8.15. The van der Waals surface area contributed by atoms with Crippen molar-refractivity contribution in [3.63, 3.8) is 0 Å². The van der Waals surface area contributed by atoms with Gasteiger partial charge in [0.2, 0.25) is 6.79 Å². The summed E-state index contributed by atoms with van der Waals surface area (Å²) in [5, 5.41) is 9.41. The standard InChI is InChI=1S/C26H25NO5/c28-26(29)18-11-13-27(14-12-18)25(20-9-10-23-24(16-20)31-17-30-23)19-5-4-8-22(15-19)32-21-6-2-1-3-7-21/h1-10,15-16,18,25H,11-14,17H2,(H,28,29). The van der Waals surface area contributed by atoms with Crippen molar-refractivity contribution in [3.8, 4) is 23.0 Å². The zero-order chi connectivity index (χ0) is 21.9. The Morgan fingerprint density at radius 3 is 2.38 bits per heavy atom.